The number of aromatic nitrogens is 5. The zero-order valence-electron chi connectivity index (χ0n) is 16.3. The van der Waals surface area contributed by atoms with Crippen molar-refractivity contribution in [1.82, 2.24) is 30.0 Å². The van der Waals surface area contributed by atoms with E-state index in [1.807, 2.05) is 30.3 Å². The summed E-state index contributed by atoms with van der Waals surface area (Å²) in [4.78, 5) is 27.0. The SMILES string of the molecule is O=C(CCc1nnc(C(F)F)o1)N1CCc2[nH]cnc2[C@H]1c1cc2ccccc2cn1. The minimum Gasteiger partial charge on any atom is -0.420 e. The lowest BCUT2D eigenvalue weighted by atomic mass is 9.97. The lowest BCUT2D eigenvalue weighted by molar-refractivity contribution is -0.133. The van der Waals surface area contributed by atoms with Crippen LogP contribution in [0.2, 0.25) is 0 Å². The molecule has 0 unspecified atom stereocenters. The largest absolute Gasteiger partial charge is 0.420 e. The first-order valence-electron chi connectivity index (χ1n) is 9.87. The van der Waals surface area contributed by atoms with Gasteiger partial charge in [0.05, 0.1) is 17.7 Å². The van der Waals surface area contributed by atoms with Crippen molar-refractivity contribution in [1.29, 1.82) is 0 Å². The number of nitrogens with zero attached hydrogens (tertiary/aromatic N) is 5. The van der Waals surface area contributed by atoms with E-state index < -0.39 is 18.4 Å². The molecule has 1 aliphatic rings. The molecule has 1 aromatic carbocycles. The van der Waals surface area contributed by atoms with E-state index in [-0.39, 0.29) is 24.6 Å². The van der Waals surface area contributed by atoms with Gasteiger partial charge in [0.1, 0.15) is 6.04 Å². The molecule has 1 aliphatic heterocycles. The first kappa shape index (κ1) is 19.3. The van der Waals surface area contributed by atoms with Crippen molar-refractivity contribution >= 4 is 16.7 Å². The summed E-state index contributed by atoms with van der Waals surface area (Å²) in [6.07, 6.45) is 1.35. The molecule has 0 spiro atoms. The second-order valence-corrected chi connectivity index (χ2v) is 7.30. The van der Waals surface area contributed by atoms with Gasteiger partial charge in [-0.1, -0.05) is 24.3 Å². The molecule has 5 rings (SSSR count). The molecule has 4 aromatic rings. The number of benzene rings is 1. The number of pyridine rings is 1. The fourth-order valence-electron chi connectivity index (χ4n) is 3.91. The van der Waals surface area contributed by atoms with Crippen molar-refractivity contribution in [3.8, 4) is 0 Å². The molecule has 10 heteroatoms. The van der Waals surface area contributed by atoms with Gasteiger partial charge in [-0.2, -0.15) is 8.78 Å². The number of rotatable bonds is 5. The molecule has 0 fully saturated rings. The maximum Gasteiger partial charge on any atom is 0.314 e. The Balaban J connectivity index is 1.42. The fourth-order valence-corrected chi connectivity index (χ4v) is 3.91. The van der Waals surface area contributed by atoms with Crippen LogP contribution in [0.1, 0.15) is 47.8 Å². The third-order valence-electron chi connectivity index (χ3n) is 5.40. The van der Waals surface area contributed by atoms with Crippen LogP contribution in [0.15, 0.2) is 47.3 Å². The normalized spacial score (nSPS) is 16.1. The summed E-state index contributed by atoms with van der Waals surface area (Å²) in [5, 5.41) is 8.93. The molecule has 0 radical (unpaired) electrons. The van der Waals surface area contributed by atoms with Gasteiger partial charge in [-0.3, -0.25) is 9.78 Å². The Morgan fingerprint density at radius 1 is 1.23 bits per heavy atom. The number of aromatic amines is 1. The number of H-pyrrole nitrogens is 1. The van der Waals surface area contributed by atoms with Gasteiger partial charge >= 0.3 is 6.43 Å². The first-order valence-corrected chi connectivity index (χ1v) is 9.87. The molecule has 1 amide bonds. The van der Waals surface area contributed by atoms with Crippen LogP contribution in [0.3, 0.4) is 0 Å². The minimum absolute atomic E-state index is 0.0153. The summed E-state index contributed by atoms with van der Waals surface area (Å²) >= 11 is 0. The van der Waals surface area contributed by atoms with Gasteiger partial charge in [-0.05, 0) is 11.5 Å². The number of imidazole rings is 1. The van der Waals surface area contributed by atoms with Crippen LogP contribution in [-0.4, -0.2) is 42.5 Å². The number of nitrogens with one attached hydrogen (secondary N) is 1. The van der Waals surface area contributed by atoms with Crippen LogP contribution in [0, 0.1) is 0 Å². The summed E-state index contributed by atoms with van der Waals surface area (Å²) in [6.45, 7) is 0.485. The highest BCUT2D eigenvalue weighted by atomic mass is 19.3. The molecule has 4 heterocycles. The maximum atomic E-state index is 13.1. The monoisotopic (exact) mass is 424 g/mol. The van der Waals surface area contributed by atoms with E-state index in [2.05, 4.69) is 25.1 Å². The maximum absolute atomic E-state index is 13.1. The van der Waals surface area contributed by atoms with Crippen LogP contribution in [0.4, 0.5) is 8.78 Å². The Bertz CT molecular complexity index is 1240. The number of amides is 1. The van der Waals surface area contributed by atoms with E-state index in [1.54, 1.807) is 17.4 Å². The number of carbonyl (C=O) groups is 1. The zero-order valence-corrected chi connectivity index (χ0v) is 16.3. The van der Waals surface area contributed by atoms with Crippen molar-refractivity contribution in [2.75, 3.05) is 6.54 Å². The van der Waals surface area contributed by atoms with Gasteiger partial charge < -0.3 is 14.3 Å². The Labute approximate surface area is 175 Å². The van der Waals surface area contributed by atoms with Crippen molar-refractivity contribution < 1.29 is 18.0 Å². The quantitative estimate of drug-likeness (QED) is 0.527. The van der Waals surface area contributed by atoms with Gasteiger partial charge in [-0.25, -0.2) is 4.98 Å². The average Bonchev–Trinajstić information content (AvgIpc) is 3.46. The van der Waals surface area contributed by atoms with Gasteiger partial charge in [0.25, 0.3) is 5.89 Å². The van der Waals surface area contributed by atoms with Crippen LogP contribution < -0.4 is 0 Å². The minimum atomic E-state index is -2.83. The zero-order chi connectivity index (χ0) is 21.4. The second kappa shape index (κ2) is 7.86. The third kappa shape index (κ3) is 3.65. The lowest BCUT2D eigenvalue weighted by Crippen LogP contribution is -2.41. The molecule has 0 aliphatic carbocycles. The van der Waals surface area contributed by atoms with E-state index in [1.165, 1.54) is 0 Å². The highest BCUT2D eigenvalue weighted by Gasteiger charge is 2.35. The van der Waals surface area contributed by atoms with Gasteiger partial charge in [0.2, 0.25) is 11.8 Å². The molecular formula is C21H18F2N6O2. The average molecular weight is 424 g/mol. The summed E-state index contributed by atoms with van der Waals surface area (Å²) in [7, 11) is 0. The number of halogens is 2. The predicted octanol–water partition coefficient (Wildman–Crippen LogP) is 3.39. The van der Waals surface area contributed by atoms with Crippen LogP contribution in [0.25, 0.3) is 10.8 Å². The molecule has 0 saturated carbocycles. The van der Waals surface area contributed by atoms with Crippen molar-refractivity contribution in [3.05, 3.63) is 71.7 Å². The Kier molecular flexibility index (Phi) is 4.89. The van der Waals surface area contributed by atoms with E-state index >= 15 is 0 Å². The number of carbonyl (C=O) groups excluding carboxylic acids is 1. The molecule has 1 atom stereocenters. The summed E-state index contributed by atoms with van der Waals surface area (Å²) in [5.41, 5.74) is 2.46. The fraction of sp³-hybridized carbons (Fsp3) is 0.286. The second-order valence-electron chi connectivity index (χ2n) is 7.30. The third-order valence-corrected chi connectivity index (χ3v) is 5.40. The molecule has 8 nitrogen and oxygen atoms in total. The predicted molar refractivity (Wildman–Crippen MR) is 105 cm³/mol. The summed E-state index contributed by atoms with van der Waals surface area (Å²) in [6, 6.07) is 9.41. The highest BCUT2D eigenvalue weighted by molar-refractivity contribution is 5.82. The van der Waals surface area contributed by atoms with E-state index in [9.17, 15) is 13.6 Å². The van der Waals surface area contributed by atoms with Crippen LogP contribution in [-0.2, 0) is 17.6 Å². The molecule has 31 heavy (non-hydrogen) atoms. The number of alkyl halides is 2. The van der Waals surface area contributed by atoms with Gasteiger partial charge in [0.15, 0.2) is 0 Å². The standard InChI is InChI=1S/C21H18F2N6O2/c22-20(23)21-28-27-16(31-21)5-6-17(30)29-8-7-14-18(26-11-25-14)19(29)15-9-12-3-1-2-4-13(12)10-24-15/h1-4,9-11,19-20H,5-8H2,(H,25,26)/t19-/m1/s1. The molecule has 3 aromatic heterocycles. The number of fused-ring (bicyclic) bond motifs is 2. The Morgan fingerprint density at radius 2 is 2.06 bits per heavy atom. The Morgan fingerprint density at radius 3 is 2.87 bits per heavy atom. The van der Waals surface area contributed by atoms with Crippen molar-refractivity contribution in [2.45, 2.75) is 31.7 Å². The smallest absolute Gasteiger partial charge is 0.314 e. The summed E-state index contributed by atoms with van der Waals surface area (Å²) in [5.74, 6) is -0.883. The van der Waals surface area contributed by atoms with E-state index in [4.69, 9.17) is 4.42 Å². The lowest BCUT2D eigenvalue weighted by Gasteiger charge is -2.34. The molecular weight excluding hydrogens is 406 g/mol. The van der Waals surface area contributed by atoms with E-state index in [0.29, 0.717) is 13.0 Å². The topological polar surface area (TPSA) is 101 Å². The number of aryl methyl sites for hydroxylation is 1. The molecule has 1 N–H and O–H groups in total. The van der Waals surface area contributed by atoms with Crippen molar-refractivity contribution in [2.24, 2.45) is 0 Å². The van der Waals surface area contributed by atoms with E-state index in [0.717, 1.165) is 27.9 Å². The molecule has 158 valence electrons. The first-order chi connectivity index (χ1) is 15.1. The van der Waals surface area contributed by atoms with Gasteiger partial charge in [0, 0.05) is 43.1 Å². The van der Waals surface area contributed by atoms with Crippen molar-refractivity contribution in [3.63, 3.8) is 0 Å². The highest BCUT2D eigenvalue weighted by Crippen LogP contribution is 2.34. The van der Waals surface area contributed by atoms with Gasteiger partial charge in [-0.15, -0.1) is 10.2 Å². The number of hydrogen-bond donors (Lipinski definition) is 1. The molecule has 0 saturated heterocycles. The summed E-state index contributed by atoms with van der Waals surface area (Å²) < 4.78 is 30.2. The Hall–Kier alpha value is -3.69. The van der Waals surface area contributed by atoms with Crippen LogP contribution >= 0.6 is 0 Å². The van der Waals surface area contributed by atoms with Crippen LogP contribution in [0.5, 0.6) is 0 Å². The number of hydrogen-bond acceptors (Lipinski definition) is 6. The molecule has 0 bridgehead atoms.